The number of rotatable bonds is 4. The number of carbonyl (C=O) groups excluding carboxylic acids is 2. The summed E-state index contributed by atoms with van der Waals surface area (Å²) in [7, 11) is 0. The highest BCUT2D eigenvalue weighted by Crippen LogP contribution is 2.38. The van der Waals surface area contributed by atoms with Crippen molar-refractivity contribution in [2.45, 2.75) is 6.92 Å². The van der Waals surface area contributed by atoms with Crippen molar-refractivity contribution in [3.8, 4) is 5.75 Å². The second-order valence-corrected chi connectivity index (χ2v) is 7.48. The van der Waals surface area contributed by atoms with E-state index in [1.807, 2.05) is 12.1 Å². The first-order valence-corrected chi connectivity index (χ1v) is 9.41. The number of ether oxygens (including phenoxy) is 2. The van der Waals surface area contributed by atoms with E-state index in [0.29, 0.717) is 11.3 Å². The third-order valence-electron chi connectivity index (χ3n) is 3.66. The summed E-state index contributed by atoms with van der Waals surface area (Å²) in [6.45, 7) is 1.15. The van der Waals surface area contributed by atoms with Crippen LogP contribution in [0.25, 0.3) is 11.8 Å². The second-order valence-electron chi connectivity index (χ2n) is 5.71. The zero-order valence-corrected chi connectivity index (χ0v) is 17.4. The van der Waals surface area contributed by atoms with E-state index in [1.165, 1.54) is 18.2 Å². The average Bonchev–Trinajstić information content (AvgIpc) is 2.97. The molecule has 28 heavy (non-hydrogen) atoms. The number of hydrogen-bond acceptors (Lipinski definition) is 6. The molecule has 2 aromatic carbocycles. The van der Waals surface area contributed by atoms with E-state index in [1.54, 1.807) is 18.2 Å². The van der Waals surface area contributed by atoms with Gasteiger partial charge in [-0.25, -0.2) is 4.79 Å². The quantitative estimate of drug-likeness (QED) is 0.189. The molecule has 0 spiro atoms. The van der Waals surface area contributed by atoms with Crippen LogP contribution >= 0.6 is 31.9 Å². The van der Waals surface area contributed by atoms with Gasteiger partial charge < -0.3 is 9.47 Å². The summed E-state index contributed by atoms with van der Waals surface area (Å²) in [6.07, 6.45) is 3.02. The van der Waals surface area contributed by atoms with Crippen LogP contribution in [-0.2, 0) is 14.3 Å². The third-order valence-corrected chi connectivity index (χ3v) is 4.78. The predicted octanol–water partition coefficient (Wildman–Crippen LogP) is 5.03. The van der Waals surface area contributed by atoms with Gasteiger partial charge in [-0.05, 0) is 51.8 Å². The molecule has 0 aliphatic carbocycles. The van der Waals surface area contributed by atoms with Crippen molar-refractivity contribution in [3.63, 3.8) is 0 Å². The van der Waals surface area contributed by atoms with E-state index >= 15 is 0 Å². The lowest BCUT2D eigenvalue weighted by Gasteiger charge is -2.06. The van der Waals surface area contributed by atoms with Crippen LogP contribution in [0.15, 0.2) is 57.0 Å². The highest BCUT2D eigenvalue weighted by atomic mass is 79.9. The Morgan fingerprint density at radius 3 is 2.50 bits per heavy atom. The van der Waals surface area contributed by atoms with E-state index in [-0.39, 0.29) is 15.8 Å². The van der Waals surface area contributed by atoms with Gasteiger partial charge in [0, 0.05) is 23.0 Å². The highest BCUT2D eigenvalue weighted by Gasteiger charge is 2.24. The molecule has 1 aliphatic heterocycles. The molecule has 2 aromatic rings. The molecule has 0 bridgehead atoms. The summed E-state index contributed by atoms with van der Waals surface area (Å²) in [4.78, 5) is 34.0. The molecule has 0 unspecified atom stereocenters. The minimum atomic E-state index is -0.684. The van der Waals surface area contributed by atoms with E-state index in [4.69, 9.17) is 9.47 Å². The lowest BCUT2D eigenvalue weighted by Crippen LogP contribution is -2.05. The number of carbonyl (C=O) groups is 2. The molecular formula is C19H11Br2NO6. The fraction of sp³-hybridized carbons (Fsp3) is 0.0526. The molecule has 0 atom stereocenters. The van der Waals surface area contributed by atoms with Gasteiger partial charge in [0.1, 0.15) is 5.76 Å². The monoisotopic (exact) mass is 507 g/mol. The molecule has 9 heteroatoms. The Kier molecular flexibility index (Phi) is 5.76. The van der Waals surface area contributed by atoms with Crippen LogP contribution in [0.5, 0.6) is 5.75 Å². The Balaban J connectivity index is 2.00. The molecule has 3 rings (SSSR count). The van der Waals surface area contributed by atoms with Gasteiger partial charge in [0.2, 0.25) is 5.75 Å². The lowest BCUT2D eigenvalue weighted by atomic mass is 10.1. The van der Waals surface area contributed by atoms with Gasteiger partial charge in [-0.15, -0.1) is 0 Å². The second kappa shape index (κ2) is 8.07. The van der Waals surface area contributed by atoms with Gasteiger partial charge in [0.05, 0.1) is 15.0 Å². The smallest absolute Gasteiger partial charge is 0.343 e. The Labute approximate surface area is 176 Å². The first-order valence-electron chi connectivity index (χ1n) is 7.82. The number of hydrogen-bond donors (Lipinski definition) is 0. The van der Waals surface area contributed by atoms with Crippen LogP contribution in [0.4, 0.5) is 5.69 Å². The van der Waals surface area contributed by atoms with Crippen LogP contribution in [0, 0.1) is 10.1 Å². The minimum Gasteiger partial charge on any atom is -0.422 e. The summed E-state index contributed by atoms with van der Waals surface area (Å²) in [6, 6.07) is 9.95. The van der Waals surface area contributed by atoms with E-state index in [2.05, 4.69) is 31.9 Å². The van der Waals surface area contributed by atoms with E-state index < -0.39 is 22.5 Å². The SMILES string of the molecule is CC(=O)Oc1c(Br)cc(/C=C2\C=C(c3ccc(Br)cc3)OC2=O)cc1[N+](=O)[O-]. The Morgan fingerprint density at radius 1 is 1.21 bits per heavy atom. The molecule has 0 amide bonds. The van der Waals surface area contributed by atoms with Crippen molar-refractivity contribution in [1.82, 2.24) is 0 Å². The normalized spacial score (nSPS) is 14.6. The minimum absolute atomic E-state index is 0.195. The van der Waals surface area contributed by atoms with Gasteiger partial charge in [-0.2, -0.15) is 0 Å². The van der Waals surface area contributed by atoms with Crippen molar-refractivity contribution in [3.05, 3.63) is 78.2 Å². The van der Waals surface area contributed by atoms with E-state index in [9.17, 15) is 19.7 Å². The molecule has 142 valence electrons. The molecule has 7 nitrogen and oxygen atoms in total. The number of nitrogens with zero attached hydrogens (tertiary/aromatic N) is 1. The first-order chi connectivity index (χ1) is 13.2. The summed E-state index contributed by atoms with van der Waals surface area (Å²) >= 11 is 6.51. The molecule has 1 aliphatic rings. The highest BCUT2D eigenvalue weighted by molar-refractivity contribution is 9.10. The van der Waals surface area contributed by atoms with Gasteiger partial charge >= 0.3 is 17.6 Å². The fourth-order valence-electron chi connectivity index (χ4n) is 2.49. The topological polar surface area (TPSA) is 95.7 Å². The van der Waals surface area contributed by atoms with Crippen molar-refractivity contribution >= 4 is 61.3 Å². The molecular weight excluding hydrogens is 498 g/mol. The zero-order chi connectivity index (χ0) is 20.4. The maximum atomic E-state index is 12.2. The Hall–Kier alpha value is -2.78. The average molecular weight is 509 g/mol. The first kappa shape index (κ1) is 20.0. The molecule has 1 heterocycles. The molecule has 0 saturated carbocycles. The van der Waals surface area contributed by atoms with Gasteiger partial charge in [-0.1, -0.05) is 28.1 Å². The number of benzene rings is 2. The van der Waals surface area contributed by atoms with Crippen LogP contribution in [-0.4, -0.2) is 16.9 Å². The zero-order valence-electron chi connectivity index (χ0n) is 14.3. The Bertz CT molecular complexity index is 1060. The van der Waals surface area contributed by atoms with Crippen molar-refractivity contribution in [2.75, 3.05) is 0 Å². The van der Waals surface area contributed by atoms with Crippen molar-refractivity contribution < 1.29 is 24.0 Å². The number of halogens is 2. The molecule has 0 radical (unpaired) electrons. The summed E-state index contributed by atoms with van der Waals surface area (Å²) in [5.41, 5.74) is 0.923. The number of nitro benzene ring substituents is 1. The predicted molar refractivity (Wildman–Crippen MR) is 108 cm³/mol. The standard InChI is InChI=1S/C19H11Br2NO6/c1-10(23)27-18-15(21)7-11(8-16(18)22(25)26)6-13-9-17(28-19(13)24)12-2-4-14(20)5-3-12/h2-9H,1H3/b13-6+. The fourth-order valence-corrected chi connectivity index (χ4v) is 3.30. The van der Waals surface area contributed by atoms with Crippen LogP contribution < -0.4 is 4.74 Å². The largest absolute Gasteiger partial charge is 0.422 e. The maximum Gasteiger partial charge on any atom is 0.343 e. The summed E-state index contributed by atoms with van der Waals surface area (Å²) < 4.78 is 11.3. The van der Waals surface area contributed by atoms with Crippen molar-refractivity contribution in [1.29, 1.82) is 0 Å². The Morgan fingerprint density at radius 2 is 1.89 bits per heavy atom. The molecule has 0 fully saturated rings. The van der Waals surface area contributed by atoms with Gasteiger partial charge in [-0.3, -0.25) is 14.9 Å². The van der Waals surface area contributed by atoms with Crippen LogP contribution in [0.1, 0.15) is 18.1 Å². The molecule has 0 N–H and O–H groups in total. The maximum absolute atomic E-state index is 12.2. The van der Waals surface area contributed by atoms with Gasteiger partial charge in [0.15, 0.2) is 0 Å². The van der Waals surface area contributed by atoms with Gasteiger partial charge in [0.25, 0.3) is 0 Å². The van der Waals surface area contributed by atoms with E-state index in [0.717, 1.165) is 17.0 Å². The number of esters is 2. The van der Waals surface area contributed by atoms with Crippen LogP contribution in [0.2, 0.25) is 0 Å². The van der Waals surface area contributed by atoms with Crippen molar-refractivity contribution in [2.24, 2.45) is 0 Å². The molecule has 0 aromatic heterocycles. The summed E-state index contributed by atoms with van der Waals surface area (Å²) in [5.74, 6) is -1.06. The lowest BCUT2D eigenvalue weighted by molar-refractivity contribution is -0.385. The number of nitro groups is 1. The summed E-state index contributed by atoms with van der Waals surface area (Å²) in [5, 5.41) is 11.3. The third kappa shape index (κ3) is 4.37. The van der Waals surface area contributed by atoms with Crippen LogP contribution in [0.3, 0.4) is 0 Å². The molecule has 0 saturated heterocycles. The number of cyclic esters (lactones) is 1.